The number of pyridine rings is 1. The number of nitrogens with one attached hydrogen (secondary N) is 1. The first kappa shape index (κ1) is 24.0. The van der Waals surface area contributed by atoms with E-state index in [4.69, 9.17) is 14.9 Å². The number of aliphatic hydroxyl groups excluding tert-OH is 1. The number of oxazole rings is 1. The lowest BCUT2D eigenvalue weighted by Gasteiger charge is -2.28. The summed E-state index contributed by atoms with van der Waals surface area (Å²) < 4.78 is 50.7. The van der Waals surface area contributed by atoms with E-state index < -0.39 is 36.0 Å². The Hall–Kier alpha value is -3.18. The van der Waals surface area contributed by atoms with Crippen molar-refractivity contribution in [2.24, 2.45) is 5.73 Å². The molecule has 0 saturated heterocycles. The highest BCUT2D eigenvalue weighted by Crippen LogP contribution is 2.37. The molecule has 1 fully saturated rings. The summed E-state index contributed by atoms with van der Waals surface area (Å²) in [6.07, 6.45) is -2.27. The number of ether oxygens (including phenoxy) is 1. The molecule has 3 aromatic rings. The molecule has 1 aromatic carbocycles. The third-order valence-electron chi connectivity index (χ3n) is 5.89. The molecular weight excluding hydrogens is 453 g/mol. The Labute approximate surface area is 193 Å². The van der Waals surface area contributed by atoms with E-state index in [1.807, 2.05) is 0 Å². The molecular formula is C23H25F3N4O4. The van der Waals surface area contributed by atoms with Crippen LogP contribution in [-0.4, -0.2) is 40.2 Å². The molecule has 1 saturated carbocycles. The molecule has 0 unspecified atom stereocenters. The van der Waals surface area contributed by atoms with Gasteiger partial charge in [-0.2, -0.15) is 13.2 Å². The average Bonchev–Trinajstić information content (AvgIpc) is 3.24. The van der Waals surface area contributed by atoms with Gasteiger partial charge < -0.3 is 25.3 Å². The Kier molecular flexibility index (Phi) is 6.50. The smallest absolute Gasteiger partial charge is 0.433 e. The highest BCUT2D eigenvalue weighted by molar-refractivity contribution is 5.98. The molecule has 2 heterocycles. The van der Waals surface area contributed by atoms with Gasteiger partial charge >= 0.3 is 6.18 Å². The molecule has 1 amide bonds. The van der Waals surface area contributed by atoms with Gasteiger partial charge in [0.1, 0.15) is 17.0 Å². The molecule has 2 aromatic heterocycles. The van der Waals surface area contributed by atoms with Crippen molar-refractivity contribution in [3.63, 3.8) is 0 Å². The van der Waals surface area contributed by atoms with Crippen molar-refractivity contribution in [1.82, 2.24) is 15.3 Å². The first-order chi connectivity index (χ1) is 16.1. The van der Waals surface area contributed by atoms with E-state index in [0.29, 0.717) is 23.8 Å². The van der Waals surface area contributed by atoms with E-state index in [0.717, 1.165) is 18.9 Å². The van der Waals surface area contributed by atoms with Crippen LogP contribution in [-0.2, 0) is 6.18 Å². The third kappa shape index (κ3) is 4.58. The Balaban J connectivity index is 1.77. The number of alkyl halides is 3. The Bertz CT molecular complexity index is 1210. The maximum Gasteiger partial charge on any atom is 0.433 e. The minimum absolute atomic E-state index is 0.0101. The number of aliphatic hydroxyl groups is 1. The normalized spacial score (nSPS) is 19.7. The number of hydrogen-bond donors (Lipinski definition) is 3. The summed E-state index contributed by atoms with van der Waals surface area (Å²) >= 11 is 0. The van der Waals surface area contributed by atoms with E-state index in [9.17, 15) is 23.1 Å². The van der Waals surface area contributed by atoms with Crippen LogP contribution in [0.5, 0.6) is 5.75 Å². The minimum atomic E-state index is -4.63. The van der Waals surface area contributed by atoms with Crippen LogP contribution in [0.2, 0.25) is 0 Å². The van der Waals surface area contributed by atoms with Gasteiger partial charge in [-0.1, -0.05) is 12.8 Å². The predicted molar refractivity (Wildman–Crippen MR) is 117 cm³/mol. The molecule has 8 nitrogen and oxygen atoms in total. The topological polar surface area (TPSA) is 124 Å². The van der Waals surface area contributed by atoms with E-state index >= 15 is 0 Å². The predicted octanol–water partition coefficient (Wildman–Crippen LogP) is 3.97. The van der Waals surface area contributed by atoms with E-state index in [1.54, 1.807) is 13.0 Å². The van der Waals surface area contributed by atoms with Gasteiger partial charge in [0, 0.05) is 10.9 Å². The molecule has 0 radical (unpaired) electrons. The second-order valence-electron chi connectivity index (χ2n) is 8.36. The number of methoxy groups -OCH3 is 1. The highest BCUT2D eigenvalue weighted by atomic mass is 19.4. The number of halogens is 3. The molecule has 3 atom stereocenters. The molecule has 0 aliphatic heterocycles. The summed E-state index contributed by atoms with van der Waals surface area (Å²) in [5.74, 6) is -0.255. The van der Waals surface area contributed by atoms with Gasteiger partial charge in [0.25, 0.3) is 5.91 Å². The number of carbonyl (C=O) groups excluding carboxylic acids is 1. The number of aromatic nitrogens is 2. The SMILES string of the molecule is COc1ccc(-c2nc(C(=O)N[C@H]3CCCC[C@@H]3O)c([C@H](C)N)o2)c2ccc(C(F)(F)F)nc12. The summed E-state index contributed by atoms with van der Waals surface area (Å²) in [7, 11) is 1.33. The Morgan fingerprint density at radius 3 is 2.62 bits per heavy atom. The van der Waals surface area contributed by atoms with Gasteiger partial charge in [-0.25, -0.2) is 9.97 Å². The second kappa shape index (κ2) is 9.22. The number of carbonyl (C=O) groups is 1. The van der Waals surface area contributed by atoms with Crippen molar-refractivity contribution in [3.05, 3.63) is 41.4 Å². The Morgan fingerprint density at radius 1 is 1.24 bits per heavy atom. The van der Waals surface area contributed by atoms with Crippen molar-refractivity contribution in [2.75, 3.05) is 7.11 Å². The van der Waals surface area contributed by atoms with Crippen LogP contribution in [0.4, 0.5) is 13.2 Å². The first-order valence-corrected chi connectivity index (χ1v) is 10.9. The summed E-state index contributed by atoms with van der Waals surface area (Å²) in [6.45, 7) is 1.62. The van der Waals surface area contributed by atoms with Crippen molar-refractivity contribution in [1.29, 1.82) is 0 Å². The monoisotopic (exact) mass is 478 g/mol. The molecule has 4 N–H and O–H groups in total. The summed E-state index contributed by atoms with van der Waals surface area (Å²) in [6, 6.07) is 4.06. The molecule has 0 spiro atoms. The number of nitrogens with zero attached hydrogens (tertiary/aromatic N) is 2. The third-order valence-corrected chi connectivity index (χ3v) is 5.89. The molecule has 11 heteroatoms. The lowest BCUT2D eigenvalue weighted by molar-refractivity contribution is -0.140. The van der Waals surface area contributed by atoms with Crippen molar-refractivity contribution in [3.8, 4) is 17.2 Å². The quantitative estimate of drug-likeness (QED) is 0.507. The number of amides is 1. The molecule has 1 aliphatic carbocycles. The summed E-state index contributed by atoms with van der Waals surface area (Å²) in [4.78, 5) is 21.1. The highest BCUT2D eigenvalue weighted by Gasteiger charge is 2.34. The van der Waals surface area contributed by atoms with Crippen LogP contribution in [0.1, 0.15) is 60.6 Å². The molecule has 182 valence electrons. The number of rotatable bonds is 5. The van der Waals surface area contributed by atoms with Crippen LogP contribution >= 0.6 is 0 Å². The molecule has 0 bridgehead atoms. The van der Waals surface area contributed by atoms with Crippen LogP contribution in [0.25, 0.3) is 22.4 Å². The minimum Gasteiger partial charge on any atom is -0.494 e. The van der Waals surface area contributed by atoms with Gasteiger partial charge in [0.15, 0.2) is 11.5 Å². The van der Waals surface area contributed by atoms with Gasteiger partial charge in [-0.15, -0.1) is 0 Å². The summed E-state index contributed by atoms with van der Waals surface area (Å²) in [5, 5.41) is 13.3. The maximum atomic E-state index is 13.2. The fraction of sp³-hybridized carbons (Fsp3) is 0.435. The zero-order chi connectivity index (χ0) is 24.6. The zero-order valence-corrected chi connectivity index (χ0v) is 18.6. The van der Waals surface area contributed by atoms with Crippen LogP contribution in [0, 0.1) is 0 Å². The molecule has 1 aliphatic rings. The van der Waals surface area contributed by atoms with E-state index in [-0.39, 0.29) is 28.6 Å². The van der Waals surface area contributed by atoms with Gasteiger partial charge in [0.2, 0.25) is 5.89 Å². The maximum absolute atomic E-state index is 13.2. The number of nitrogens with two attached hydrogens (primary N) is 1. The van der Waals surface area contributed by atoms with Crippen LogP contribution in [0.15, 0.2) is 28.7 Å². The standard InChI is InChI=1S/C23H25F3N4O4/c1-11(27)20-19(21(32)28-14-5-3-4-6-15(14)31)30-22(34-20)13-7-9-16(33-2)18-12(13)8-10-17(29-18)23(24,25)26/h7-11,14-15,31H,3-6,27H2,1-2H3,(H,28,32)/t11-,14-,15-/m0/s1. The largest absolute Gasteiger partial charge is 0.494 e. The number of hydrogen-bond acceptors (Lipinski definition) is 7. The zero-order valence-electron chi connectivity index (χ0n) is 18.6. The lowest BCUT2D eigenvalue weighted by Crippen LogP contribution is -2.45. The second-order valence-corrected chi connectivity index (χ2v) is 8.36. The number of fused-ring (bicyclic) bond motifs is 1. The average molecular weight is 478 g/mol. The van der Waals surface area contributed by atoms with Gasteiger partial charge in [-0.3, -0.25) is 4.79 Å². The Morgan fingerprint density at radius 2 is 1.97 bits per heavy atom. The van der Waals surface area contributed by atoms with Crippen molar-refractivity contribution in [2.45, 2.75) is 57.0 Å². The van der Waals surface area contributed by atoms with Gasteiger partial charge in [-0.05, 0) is 44.0 Å². The fourth-order valence-corrected chi connectivity index (χ4v) is 4.14. The van der Waals surface area contributed by atoms with E-state index in [2.05, 4.69) is 15.3 Å². The molecule has 4 rings (SSSR count). The number of benzene rings is 1. The van der Waals surface area contributed by atoms with Crippen LogP contribution < -0.4 is 15.8 Å². The lowest BCUT2D eigenvalue weighted by atomic mass is 9.92. The van der Waals surface area contributed by atoms with Gasteiger partial charge in [0.05, 0.1) is 25.3 Å². The first-order valence-electron chi connectivity index (χ1n) is 10.9. The van der Waals surface area contributed by atoms with Crippen molar-refractivity contribution >= 4 is 16.8 Å². The molecule has 34 heavy (non-hydrogen) atoms. The van der Waals surface area contributed by atoms with Crippen LogP contribution in [0.3, 0.4) is 0 Å². The van der Waals surface area contributed by atoms with Crippen molar-refractivity contribution < 1.29 is 32.2 Å². The summed E-state index contributed by atoms with van der Waals surface area (Å²) in [5.41, 5.74) is 5.22. The van der Waals surface area contributed by atoms with E-state index in [1.165, 1.54) is 19.2 Å². The fourth-order valence-electron chi connectivity index (χ4n) is 4.14.